The van der Waals surface area contributed by atoms with Gasteiger partial charge in [0.15, 0.2) is 0 Å². The van der Waals surface area contributed by atoms with E-state index in [9.17, 15) is 4.79 Å². The molecule has 2 heterocycles. The van der Waals surface area contributed by atoms with Crippen molar-refractivity contribution in [1.29, 1.82) is 0 Å². The van der Waals surface area contributed by atoms with Crippen LogP contribution in [0, 0.1) is 0 Å². The molecular formula is C17H20N4O. The first-order chi connectivity index (χ1) is 10.6. The van der Waals surface area contributed by atoms with E-state index in [2.05, 4.69) is 33.2 Å². The van der Waals surface area contributed by atoms with Crippen LogP contribution in [0.1, 0.15) is 26.3 Å². The molecule has 22 heavy (non-hydrogen) atoms. The number of anilines is 1. The highest BCUT2D eigenvalue weighted by atomic mass is 16.1. The highest BCUT2D eigenvalue weighted by Gasteiger charge is 2.10. The Kier molecular flexibility index (Phi) is 3.96. The van der Waals surface area contributed by atoms with Gasteiger partial charge in [-0.3, -0.25) is 4.79 Å². The van der Waals surface area contributed by atoms with Crippen LogP contribution in [0.15, 0.2) is 48.8 Å². The van der Waals surface area contributed by atoms with Crippen molar-refractivity contribution in [1.82, 2.24) is 14.3 Å². The molecule has 0 radical (unpaired) electrons. The summed E-state index contributed by atoms with van der Waals surface area (Å²) >= 11 is 0. The van der Waals surface area contributed by atoms with Gasteiger partial charge in [-0.2, -0.15) is 5.10 Å². The number of carbonyl (C=O) groups is 1. The lowest BCUT2D eigenvalue weighted by Gasteiger charge is -2.12. The molecule has 2 aromatic heterocycles. The van der Waals surface area contributed by atoms with Gasteiger partial charge in [0.05, 0.1) is 6.20 Å². The number of fused-ring (bicyclic) bond motifs is 1. The standard InChI is InChI=1S/C17H20N4O/c1-13(2)21-16(7-10-18-21)19-17(22)9-12-20-11-8-14-5-3-4-6-15(14)20/h3-8,10-11,13H,9,12H2,1-2H3,(H,19,22). The summed E-state index contributed by atoms with van der Waals surface area (Å²) in [7, 11) is 0. The maximum Gasteiger partial charge on any atom is 0.227 e. The molecule has 1 N–H and O–H groups in total. The number of aromatic nitrogens is 3. The van der Waals surface area contributed by atoms with Crippen molar-refractivity contribution in [2.24, 2.45) is 0 Å². The number of hydrogen-bond acceptors (Lipinski definition) is 2. The Hall–Kier alpha value is -2.56. The molecule has 0 fully saturated rings. The molecule has 1 amide bonds. The molecule has 0 unspecified atom stereocenters. The van der Waals surface area contributed by atoms with Crippen molar-refractivity contribution >= 4 is 22.6 Å². The lowest BCUT2D eigenvalue weighted by atomic mass is 10.2. The van der Waals surface area contributed by atoms with Crippen LogP contribution < -0.4 is 5.32 Å². The van der Waals surface area contributed by atoms with Gasteiger partial charge in [-0.1, -0.05) is 18.2 Å². The molecule has 0 spiro atoms. The van der Waals surface area contributed by atoms with Crippen molar-refractivity contribution < 1.29 is 4.79 Å². The fraction of sp³-hybridized carbons (Fsp3) is 0.294. The number of carbonyl (C=O) groups excluding carboxylic acids is 1. The van der Waals surface area contributed by atoms with E-state index in [4.69, 9.17) is 0 Å². The zero-order valence-corrected chi connectivity index (χ0v) is 12.9. The smallest absolute Gasteiger partial charge is 0.227 e. The fourth-order valence-corrected chi connectivity index (χ4v) is 2.59. The number of benzene rings is 1. The summed E-state index contributed by atoms with van der Waals surface area (Å²) in [5.41, 5.74) is 1.16. The molecule has 3 rings (SSSR count). The normalized spacial score (nSPS) is 11.2. The van der Waals surface area contributed by atoms with Gasteiger partial charge in [-0.05, 0) is 31.4 Å². The molecule has 1 aromatic carbocycles. The predicted octanol–water partition coefficient (Wildman–Crippen LogP) is 3.45. The summed E-state index contributed by atoms with van der Waals surface area (Å²) in [6, 6.07) is 12.3. The highest BCUT2D eigenvalue weighted by Crippen LogP contribution is 2.16. The average molecular weight is 296 g/mol. The van der Waals surface area contributed by atoms with Crippen LogP contribution in [0.25, 0.3) is 10.9 Å². The topological polar surface area (TPSA) is 51.9 Å². The second-order valence-corrected chi connectivity index (χ2v) is 5.62. The largest absolute Gasteiger partial charge is 0.347 e. The molecule has 3 aromatic rings. The third kappa shape index (κ3) is 2.88. The van der Waals surface area contributed by atoms with E-state index in [1.54, 1.807) is 6.20 Å². The quantitative estimate of drug-likeness (QED) is 0.784. The monoisotopic (exact) mass is 296 g/mol. The van der Waals surface area contributed by atoms with E-state index in [1.165, 1.54) is 5.39 Å². The summed E-state index contributed by atoms with van der Waals surface area (Å²) < 4.78 is 3.91. The third-order valence-corrected chi connectivity index (χ3v) is 3.69. The SMILES string of the molecule is CC(C)n1nccc1NC(=O)CCn1ccc2ccccc21. The van der Waals surface area contributed by atoms with Crippen LogP contribution in [0.3, 0.4) is 0 Å². The molecule has 0 aliphatic carbocycles. The van der Waals surface area contributed by atoms with E-state index < -0.39 is 0 Å². The van der Waals surface area contributed by atoms with Gasteiger partial charge in [0.1, 0.15) is 5.82 Å². The zero-order chi connectivity index (χ0) is 15.5. The van der Waals surface area contributed by atoms with Gasteiger partial charge in [0.2, 0.25) is 5.91 Å². The van der Waals surface area contributed by atoms with Crippen LogP contribution in [0.4, 0.5) is 5.82 Å². The second-order valence-electron chi connectivity index (χ2n) is 5.62. The van der Waals surface area contributed by atoms with Gasteiger partial charge < -0.3 is 9.88 Å². The molecular weight excluding hydrogens is 276 g/mol. The van der Waals surface area contributed by atoms with Gasteiger partial charge in [0.25, 0.3) is 0 Å². The Labute approximate surface area is 129 Å². The maximum absolute atomic E-state index is 12.2. The summed E-state index contributed by atoms with van der Waals surface area (Å²) in [5, 5.41) is 8.34. The van der Waals surface area contributed by atoms with Crippen molar-refractivity contribution in [3.05, 3.63) is 48.8 Å². The summed E-state index contributed by atoms with van der Waals surface area (Å²) in [4.78, 5) is 12.2. The molecule has 114 valence electrons. The number of hydrogen-bond donors (Lipinski definition) is 1. The van der Waals surface area contributed by atoms with Crippen LogP contribution in [0.5, 0.6) is 0 Å². The van der Waals surface area contributed by atoms with E-state index in [0.717, 1.165) is 11.3 Å². The van der Waals surface area contributed by atoms with Crippen LogP contribution in [0.2, 0.25) is 0 Å². The van der Waals surface area contributed by atoms with E-state index >= 15 is 0 Å². The number of para-hydroxylation sites is 1. The molecule has 0 atom stereocenters. The number of aryl methyl sites for hydroxylation is 1. The molecule has 0 aliphatic heterocycles. The Morgan fingerprint density at radius 2 is 2.05 bits per heavy atom. The summed E-state index contributed by atoms with van der Waals surface area (Å²) in [6.45, 7) is 4.73. The van der Waals surface area contributed by atoms with Crippen molar-refractivity contribution in [2.75, 3.05) is 5.32 Å². The Bertz CT molecular complexity index is 785. The molecule has 5 heteroatoms. The molecule has 0 aliphatic rings. The minimum absolute atomic E-state index is 0.000168. The van der Waals surface area contributed by atoms with Crippen molar-refractivity contribution in [3.8, 4) is 0 Å². The lowest BCUT2D eigenvalue weighted by molar-refractivity contribution is -0.116. The Morgan fingerprint density at radius 1 is 1.23 bits per heavy atom. The predicted molar refractivity (Wildman–Crippen MR) is 87.8 cm³/mol. The second kappa shape index (κ2) is 6.05. The minimum Gasteiger partial charge on any atom is -0.347 e. The minimum atomic E-state index is 0.000168. The number of nitrogens with one attached hydrogen (secondary N) is 1. The summed E-state index contributed by atoms with van der Waals surface area (Å²) in [5.74, 6) is 0.748. The Balaban J connectivity index is 1.64. The number of rotatable bonds is 5. The van der Waals surface area contributed by atoms with Crippen LogP contribution in [-0.2, 0) is 11.3 Å². The van der Waals surface area contributed by atoms with Crippen molar-refractivity contribution in [3.63, 3.8) is 0 Å². The first-order valence-electron chi connectivity index (χ1n) is 7.52. The van der Waals surface area contributed by atoms with Crippen molar-refractivity contribution in [2.45, 2.75) is 32.9 Å². The maximum atomic E-state index is 12.2. The Morgan fingerprint density at radius 3 is 2.86 bits per heavy atom. The van der Waals surface area contributed by atoms with Crippen LogP contribution in [-0.4, -0.2) is 20.3 Å². The summed E-state index contributed by atoms with van der Waals surface area (Å²) in [6.07, 6.45) is 4.16. The van der Waals surface area contributed by atoms with Gasteiger partial charge in [0, 0.05) is 36.8 Å². The first-order valence-corrected chi connectivity index (χ1v) is 7.52. The van der Waals surface area contributed by atoms with Gasteiger partial charge in [-0.15, -0.1) is 0 Å². The highest BCUT2D eigenvalue weighted by molar-refractivity contribution is 5.90. The zero-order valence-electron chi connectivity index (χ0n) is 12.9. The lowest BCUT2D eigenvalue weighted by Crippen LogP contribution is -2.18. The third-order valence-electron chi connectivity index (χ3n) is 3.69. The van der Waals surface area contributed by atoms with E-state index in [-0.39, 0.29) is 11.9 Å². The number of nitrogens with zero attached hydrogens (tertiary/aromatic N) is 3. The fourth-order valence-electron chi connectivity index (χ4n) is 2.59. The first kappa shape index (κ1) is 14.4. The van der Waals surface area contributed by atoms with E-state index in [0.29, 0.717) is 13.0 Å². The van der Waals surface area contributed by atoms with E-state index in [1.807, 2.05) is 42.9 Å². The van der Waals surface area contributed by atoms with Gasteiger partial charge >= 0.3 is 0 Å². The molecule has 0 bridgehead atoms. The molecule has 5 nitrogen and oxygen atoms in total. The molecule has 0 saturated heterocycles. The van der Waals surface area contributed by atoms with Gasteiger partial charge in [-0.25, -0.2) is 4.68 Å². The number of amides is 1. The molecule has 0 saturated carbocycles. The van der Waals surface area contributed by atoms with Crippen LogP contribution >= 0.6 is 0 Å². The average Bonchev–Trinajstić information content (AvgIpc) is 3.12.